The van der Waals surface area contributed by atoms with Crippen LogP contribution in [-0.2, 0) is 9.84 Å². The Hall–Kier alpha value is -1.30. The molecule has 1 aromatic rings. The molecule has 12 heavy (non-hydrogen) atoms. The van der Waals surface area contributed by atoms with Crippen LogP contribution in [0.1, 0.15) is 0 Å². The van der Waals surface area contributed by atoms with Gasteiger partial charge in [-0.05, 0) is 6.07 Å². The summed E-state index contributed by atoms with van der Waals surface area (Å²) < 4.78 is 21.9. The van der Waals surface area contributed by atoms with Gasteiger partial charge in [-0.2, -0.15) is 0 Å². The first-order valence-corrected chi connectivity index (χ1v) is 5.01. The second-order valence-electron chi connectivity index (χ2n) is 2.42. The fraction of sp³-hybridized carbons (Fsp3) is 0.167. The van der Waals surface area contributed by atoms with E-state index < -0.39 is 9.84 Å². The molecule has 0 aliphatic heterocycles. The highest BCUT2D eigenvalue weighted by Crippen LogP contribution is 2.15. The van der Waals surface area contributed by atoms with Gasteiger partial charge in [-0.3, -0.25) is 0 Å². The lowest BCUT2D eigenvalue weighted by molar-refractivity contribution is 0.601. The minimum atomic E-state index is -3.24. The molecule has 0 radical (unpaired) electrons. The summed E-state index contributed by atoms with van der Waals surface area (Å²) in [7, 11) is -3.24. The minimum absolute atomic E-state index is 0.0780. The van der Waals surface area contributed by atoms with Crippen molar-refractivity contribution < 1.29 is 8.42 Å². The average Bonchev–Trinajstić information content (AvgIpc) is 1.92. The molecule has 6 heteroatoms. The lowest BCUT2D eigenvalue weighted by Crippen LogP contribution is -2.03. The summed E-state index contributed by atoms with van der Waals surface area (Å²) in [5.41, 5.74) is 10.8. The van der Waals surface area contributed by atoms with Crippen LogP contribution in [-0.4, -0.2) is 19.7 Å². The van der Waals surface area contributed by atoms with Crippen LogP contribution in [0.4, 0.5) is 11.5 Å². The maximum absolute atomic E-state index is 11.0. The largest absolute Gasteiger partial charge is 0.396 e. The Kier molecular flexibility index (Phi) is 1.93. The Bertz CT molecular complexity index is 399. The first-order chi connectivity index (χ1) is 5.41. The highest BCUT2D eigenvalue weighted by atomic mass is 32.2. The third kappa shape index (κ3) is 1.65. The smallest absolute Gasteiger partial charge is 0.177 e. The van der Waals surface area contributed by atoms with Crippen molar-refractivity contribution in [2.45, 2.75) is 4.90 Å². The lowest BCUT2D eigenvalue weighted by Gasteiger charge is -2.00. The quantitative estimate of drug-likeness (QED) is 0.626. The van der Waals surface area contributed by atoms with Crippen molar-refractivity contribution in [2.75, 3.05) is 17.7 Å². The van der Waals surface area contributed by atoms with Gasteiger partial charge in [-0.15, -0.1) is 0 Å². The minimum Gasteiger partial charge on any atom is -0.396 e. The van der Waals surface area contributed by atoms with Crippen molar-refractivity contribution >= 4 is 21.3 Å². The molecule has 1 aromatic heterocycles. The molecule has 0 unspecified atom stereocenters. The molecule has 0 aliphatic carbocycles. The second-order valence-corrected chi connectivity index (χ2v) is 4.43. The molecule has 0 saturated heterocycles. The van der Waals surface area contributed by atoms with Crippen molar-refractivity contribution in [3.8, 4) is 0 Å². The third-order valence-corrected chi connectivity index (χ3v) is 2.43. The summed E-state index contributed by atoms with van der Waals surface area (Å²) in [6.07, 6.45) is 2.26. The zero-order valence-electron chi connectivity index (χ0n) is 6.48. The Labute approximate surface area is 70.3 Å². The first-order valence-electron chi connectivity index (χ1n) is 3.12. The molecule has 0 amide bonds. The summed E-state index contributed by atoms with van der Waals surface area (Å²) in [5.74, 6) is 0.141. The predicted octanol–water partition coefficient (Wildman–Crippen LogP) is -0.350. The van der Waals surface area contributed by atoms with Gasteiger partial charge in [0.25, 0.3) is 0 Å². The van der Waals surface area contributed by atoms with Crippen LogP contribution in [0.15, 0.2) is 17.2 Å². The maximum atomic E-state index is 11.0. The van der Waals surface area contributed by atoms with Crippen molar-refractivity contribution in [3.63, 3.8) is 0 Å². The van der Waals surface area contributed by atoms with Crippen LogP contribution >= 0.6 is 0 Å². The summed E-state index contributed by atoms with van der Waals surface area (Å²) >= 11 is 0. The Morgan fingerprint density at radius 1 is 1.42 bits per heavy atom. The summed E-state index contributed by atoms with van der Waals surface area (Å²) in [4.78, 5) is 3.70. The van der Waals surface area contributed by atoms with Gasteiger partial charge < -0.3 is 11.5 Å². The van der Waals surface area contributed by atoms with Gasteiger partial charge >= 0.3 is 0 Å². The molecule has 0 aromatic carbocycles. The van der Waals surface area contributed by atoms with Gasteiger partial charge in [-0.1, -0.05) is 0 Å². The van der Waals surface area contributed by atoms with E-state index in [0.29, 0.717) is 0 Å². The molecule has 0 aliphatic rings. The number of aromatic nitrogens is 1. The number of anilines is 2. The van der Waals surface area contributed by atoms with Crippen molar-refractivity contribution in [3.05, 3.63) is 12.3 Å². The van der Waals surface area contributed by atoms with E-state index in [1.165, 1.54) is 12.3 Å². The zero-order valence-corrected chi connectivity index (χ0v) is 7.30. The molecule has 0 saturated carbocycles. The predicted molar refractivity (Wildman–Crippen MR) is 46.2 cm³/mol. The number of nitrogens with two attached hydrogens (primary N) is 2. The van der Waals surface area contributed by atoms with E-state index in [2.05, 4.69) is 4.98 Å². The molecule has 5 nitrogen and oxygen atoms in total. The van der Waals surface area contributed by atoms with Gasteiger partial charge in [0.15, 0.2) is 9.84 Å². The fourth-order valence-corrected chi connectivity index (χ4v) is 1.26. The van der Waals surface area contributed by atoms with Gasteiger partial charge in [0.2, 0.25) is 0 Å². The SMILES string of the molecule is CS(=O)(=O)c1cnc(N)c(N)c1. The Balaban J connectivity index is 3.33. The van der Waals surface area contributed by atoms with Crippen LogP contribution in [0.2, 0.25) is 0 Å². The number of hydrogen-bond donors (Lipinski definition) is 2. The summed E-state index contributed by atoms with van der Waals surface area (Å²) in [5, 5.41) is 0. The number of pyridine rings is 1. The second kappa shape index (κ2) is 2.63. The van der Waals surface area contributed by atoms with Crippen LogP contribution in [0.25, 0.3) is 0 Å². The van der Waals surface area contributed by atoms with Crippen molar-refractivity contribution in [1.82, 2.24) is 4.98 Å². The Morgan fingerprint density at radius 3 is 2.42 bits per heavy atom. The normalized spacial score (nSPS) is 11.4. The standard InChI is InChI=1S/C6H9N3O2S/c1-12(10,11)4-2-5(7)6(8)9-3-4/h2-3H,7H2,1H3,(H2,8,9). The topological polar surface area (TPSA) is 99.1 Å². The van der Waals surface area contributed by atoms with E-state index in [1.807, 2.05) is 0 Å². The van der Waals surface area contributed by atoms with E-state index in [1.54, 1.807) is 0 Å². The van der Waals surface area contributed by atoms with E-state index in [0.717, 1.165) is 6.26 Å². The first kappa shape index (κ1) is 8.79. The molecular weight excluding hydrogens is 178 g/mol. The lowest BCUT2D eigenvalue weighted by atomic mass is 10.4. The maximum Gasteiger partial charge on any atom is 0.177 e. The fourth-order valence-electron chi connectivity index (χ4n) is 0.675. The van der Waals surface area contributed by atoms with E-state index in [-0.39, 0.29) is 16.4 Å². The van der Waals surface area contributed by atoms with Crippen molar-refractivity contribution in [2.24, 2.45) is 0 Å². The number of hydrogen-bond acceptors (Lipinski definition) is 5. The van der Waals surface area contributed by atoms with Crippen LogP contribution in [0, 0.1) is 0 Å². The highest BCUT2D eigenvalue weighted by molar-refractivity contribution is 7.90. The molecule has 4 N–H and O–H groups in total. The molecule has 0 spiro atoms. The monoisotopic (exact) mass is 187 g/mol. The zero-order chi connectivity index (χ0) is 9.35. The Morgan fingerprint density at radius 2 is 2.00 bits per heavy atom. The van der Waals surface area contributed by atoms with Gasteiger partial charge in [0, 0.05) is 12.5 Å². The van der Waals surface area contributed by atoms with Crippen LogP contribution < -0.4 is 11.5 Å². The van der Waals surface area contributed by atoms with Gasteiger partial charge in [-0.25, -0.2) is 13.4 Å². The summed E-state index contributed by atoms with van der Waals surface area (Å²) in [6, 6.07) is 1.29. The summed E-state index contributed by atoms with van der Waals surface area (Å²) in [6.45, 7) is 0. The van der Waals surface area contributed by atoms with Crippen molar-refractivity contribution in [1.29, 1.82) is 0 Å². The molecule has 1 heterocycles. The third-order valence-electron chi connectivity index (χ3n) is 1.35. The molecule has 66 valence electrons. The average molecular weight is 187 g/mol. The van der Waals surface area contributed by atoms with Gasteiger partial charge in [0.05, 0.1) is 10.6 Å². The van der Waals surface area contributed by atoms with E-state index in [9.17, 15) is 8.42 Å². The van der Waals surface area contributed by atoms with E-state index in [4.69, 9.17) is 11.5 Å². The number of sulfone groups is 1. The van der Waals surface area contributed by atoms with Crippen LogP contribution in [0.5, 0.6) is 0 Å². The number of rotatable bonds is 1. The van der Waals surface area contributed by atoms with E-state index >= 15 is 0 Å². The molecule has 0 bridgehead atoms. The van der Waals surface area contributed by atoms with Crippen LogP contribution in [0.3, 0.4) is 0 Å². The van der Waals surface area contributed by atoms with Gasteiger partial charge in [0.1, 0.15) is 5.82 Å². The number of nitrogen functional groups attached to an aromatic ring is 2. The molecule has 0 fully saturated rings. The highest BCUT2D eigenvalue weighted by Gasteiger charge is 2.08. The molecule has 1 rings (SSSR count). The number of nitrogens with zero attached hydrogens (tertiary/aromatic N) is 1. The molecule has 0 atom stereocenters. The molecular formula is C6H9N3O2S.